The normalized spacial score (nSPS) is 19.5. The van der Waals surface area contributed by atoms with E-state index in [1.807, 2.05) is 13.8 Å². The van der Waals surface area contributed by atoms with E-state index in [4.69, 9.17) is 14.6 Å². The molecule has 0 aromatic heterocycles. The van der Waals surface area contributed by atoms with Gasteiger partial charge in [-0.3, -0.25) is 9.59 Å². The van der Waals surface area contributed by atoms with E-state index in [-0.39, 0.29) is 24.7 Å². The Balaban J connectivity index is 1.62. The molecule has 1 unspecified atom stereocenters. The van der Waals surface area contributed by atoms with Crippen molar-refractivity contribution in [2.75, 3.05) is 23.9 Å². The molecule has 0 aliphatic carbocycles. The molecule has 0 fully saturated rings. The van der Waals surface area contributed by atoms with Gasteiger partial charge in [0.2, 0.25) is 5.91 Å². The number of fused-ring (bicyclic) bond motifs is 2. The summed E-state index contributed by atoms with van der Waals surface area (Å²) in [4.78, 5) is 26.9. The van der Waals surface area contributed by atoms with Crippen LogP contribution >= 0.6 is 0 Å². The molecule has 2 heterocycles. The van der Waals surface area contributed by atoms with Crippen LogP contribution in [-0.4, -0.2) is 42.3 Å². The number of aliphatic hydroxyl groups is 1. The zero-order chi connectivity index (χ0) is 27.0. The maximum atomic E-state index is 13.3. The van der Waals surface area contributed by atoms with E-state index in [2.05, 4.69) is 5.32 Å². The van der Waals surface area contributed by atoms with Gasteiger partial charge >= 0.3 is 6.18 Å². The van der Waals surface area contributed by atoms with Crippen LogP contribution in [0.15, 0.2) is 42.5 Å². The van der Waals surface area contributed by atoms with Gasteiger partial charge in [-0.15, -0.1) is 0 Å². The monoisotopic (exact) mass is 518 g/mol. The highest BCUT2D eigenvalue weighted by molar-refractivity contribution is 6.06. The van der Waals surface area contributed by atoms with E-state index in [1.165, 1.54) is 17.0 Å². The molecule has 0 saturated carbocycles. The Morgan fingerprint density at radius 3 is 2.57 bits per heavy atom. The number of nitrogens with zero attached hydrogens (tertiary/aromatic N) is 1. The second-order valence-corrected chi connectivity index (χ2v) is 9.24. The van der Waals surface area contributed by atoms with Gasteiger partial charge in [-0.05, 0) is 48.7 Å². The topological polar surface area (TPSA) is 88.1 Å². The van der Waals surface area contributed by atoms with Crippen molar-refractivity contribution in [3.63, 3.8) is 0 Å². The van der Waals surface area contributed by atoms with E-state index in [0.29, 0.717) is 47.5 Å². The third-order valence-electron chi connectivity index (χ3n) is 6.94. The summed E-state index contributed by atoms with van der Waals surface area (Å²) >= 11 is 0. The number of hydrogen-bond acceptors (Lipinski definition) is 5. The SMILES string of the molecule is CCC1(CC)C/C(=C\C(=O)Nc2ccc3c(c2)N(C)C(=O)C(CCO)O3)c2ccc(C(F)(F)F)cc2O1. The number of benzene rings is 2. The minimum Gasteiger partial charge on any atom is -0.486 e. The van der Waals surface area contributed by atoms with E-state index in [9.17, 15) is 22.8 Å². The van der Waals surface area contributed by atoms with E-state index < -0.39 is 29.4 Å². The molecule has 1 atom stereocenters. The van der Waals surface area contributed by atoms with Gasteiger partial charge in [0.1, 0.15) is 17.1 Å². The fraction of sp³-hybridized carbons (Fsp3) is 0.407. The molecule has 2 aliphatic heterocycles. The van der Waals surface area contributed by atoms with Crippen LogP contribution in [0, 0.1) is 0 Å². The van der Waals surface area contributed by atoms with E-state index >= 15 is 0 Å². The zero-order valence-electron chi connectivity index (χ0n) is 20.8. The lowest BCUT2D eigenvalue weighted by Crippen LogP contribution is -2.44. The van der Waals surface area contributed by atoms with Crippen LogP contribution in [0.25, 0.3) is 5.57 Å². The molecule has 37 heavy (non-hydrogen) atoms. The van der Waals surface area contributed by atoms with Crippen LogP contribution in [0.1, 0.15) is 50.7 Å². The molecule has 2 amide bonds. The number of aliphatic hydroxyl groups excluding tert-OH is 1. The van der Waals surface area contributed by atoms with Gasteiger partial charge in [-0.2, -0.15) is 13.2 Å². The van der Waals surface area contributed by atoms with Gasteiger partial charge in [0.25, 0.3) is 5.91 Å². The fourth-order valence-corrected chi connectivity index (χ4v) is 4.66. The minimum absolute atomic E-state index is 0.104. The number of rotatable bonds is 6. The van der Waals surface area contributed by atoms with Crippen molar-refractivity contribution in [1.29, 1.82) is 0 Å². The van der Waals surface area contributed by atoms with Crippen LogP contribution in [0.3, 0.4) is 0 Å². The smallest absolute Gasteiger partial charge is 0.416 e. The molecule has 0 radical (unpaired) electrons. The Morgan fingerprint density at radius 1 is 1.19 bits per heavy atom. The Kier molecular flexibility index (Phi) is 7.23. The van der Waals surface area contributed by atoms with Gasteiger partial charge < -0.3 is 24.8 Å². The number of carbonyl (C=O) groups excluding carboxylic acids is 2. The first kappa shape index (κ1) is 26.5. The molecule has 10 heteroatoms. The van der Waals surface area contributed by atoms with Crippen molar-refractivity contribution >= 4 is 28.8 Å². The summed E-state index contributed by atoms with van der Waals surface area (Å²) in [5.74, 6) is -0.217. The summed E-state index contributed by atoms with van der Waals surface area (Å²) < 4.78 is 51.7. The number of nitrogens with one attached hydrogen (secondary N) is 1. The molecular weight excluding hydrogens is 489 g/mol. The molecule has 2 aromatic rings. The number of carbonyl (C=O) groups is 2. The number of alkyl halides is 3. The quantitative estimate of drug-likeness (QED) is 0.515. The second-order valence-electron chi connectivity index (χ2n) is 9.24. The van der Waals surface area contributed by atoms with Crippen LogP contribution < -0.4 is 19.7 Å². The summed E-state index contributed by atoms with van der Waals surface area (Å²) in [6.45, 7) is 3.61. The van der Waals surface area contributed by atoms with Gasteiger partial charge in [-0.25, -0.2) is 0 Å². The van der Waals surface area contributed by atoms with Crippen molar-refractivity contribution in [2.24, 2.45) is 0 Å². The molecule has 2 aliphatic rings. The Bertz CT molecular complexity index is 1240. The molecule has 4 rings (SSSR count). The van der Waals surface area contributed by atoms with Crippen LogP contribution in [0.2, 0.25) is 0 Å². The molecule has 0 bridgehead atoms. The predicted molar refractivity (Wildman–Crippen MR) is 133 cm³/mol. The lowest BCUT2D eigenvalue weighted by molar-refractivity contribution is -0.137. The second kappa shape index (κ2) is 10.1. The third-order valence-corrected chi connectivity index (χ3v) is 6.94. The summed E-state index contributed by atoms with van der Waals surface area (Å²) in [6.07, 6.45) is -2.26. The Hall–Kier alpha value is -3.53. The average molecular weight is 519 g/mol. The van der Waals surface area contributed by atoms with Crippen molar-refractivity contribution in [1.82, 2.24) is 0 Å². The molecular formula is C27H29F3N2O5. The predicted octanol–water partition coefficient (Wildman–Crippen LogP) is 5.18. The molecule has 2 N–H and O–H groups in total. The number of anilines is 2. The number of ether oxygens (including phenoxy) is 2. The number of hydrogen-bond donors (Lipinski definition) is 2. The van der Waals surface area contributed by atoms with Crippen LogP contribution in [-0.2, 0) is 15.8 Å². The van der Waals surface area contributed by atoms with Gasteiger partial charge in [0.15, 0.2) is 6.10 Å². The standard InChI is InChI=1S/C27H29F3N2O5/c1-4-26(5-2)15-16(19-8-6-17(27(28,29)30)13-23(19)37-26)12-24(34)31-18-7-9-21-20(14-18)32(3)25(35)22(36-21)10-11-33/h6-9,12-14,22,33H,4-5,10-11,15H2,1-3H3,(H,31,34)/b16-12+. The first-order chi connectivity index (χ1) is 17.5. The average Bonchev–Trinajstić information content (AvgIpc) is 2.86. The summed E-state index contributed by atoms with van der Waals surface area (Å²) in [7, 11) is 1.59. The van der Waals surface area contributed by atoms with E-state index in [0.717, 1.165) is 12.1 Å². The lowest BCUT2D eigenvalue weighted by Gasteiger charge is -2.39. The molecule has 198 valence electrons. The largest absolute Gasteiger partial charge is 0.486 e. The Morgan fingerprint density at radius 2 is 1.92 bits per heavy atom. The van der Waals surface area contributed by atoms with Crippen molar-refractivity contribution in [3.05, 3.63) is 53.6 Å². The van der Waals surface area contributed by atoms with Gasteiger partial charge in [0, 0.05) is 43.8 Å². The minimum atomic E-state index is -4.51. The van der Waals surface area contributed by atoms with Crippen LogP contribution in [0.4, 0.5) is 24.5 Å². The highest BCUT2D eigenvalue weighted by Crippen LogP contribution is 2.45. The van der Waals surface area contributed by atoms with Crippen molar-refractivity contribution in [3.8, 4) is 11.5 Å². The maximum Gasteiger partial charge on any atom is 0.416 e. The van der Waals surface area contributed by atoms with Crippen LogP contribution in [0.5, 0.6) is 11.5 Å². The summed E-state index contributed by atoms with van der Waals surface area (Å²) in [5, 5.41) is 11.9. The molecule has 0 saturated heterocycles. The third kappa shape index (κ3) is 5.29. The molecule has 0 spiro atoms. The highest BCUT2D eigenvalue weighted by Gasteiger charge is 2.38. The van der Waals surface area contributed by atoms with E-state index in [1.54, 1.807) is 25.2 Å². The zero-order valence-corrected chi connectivity index (χ0v) is 20.8. The maximum absolute atomic E-state index is 13.3. The summed E-state index contributed by atoms with van der Waals surface area (Å²) in [5.41, 5.74) is 0.379. The van der Waals surface area contributed by atoms with Crippen molar-refractivity contribution in [2.45, 2.75) is 57.4 Å². The van der Waals surface area contributed by atoms with Crippen molar-refractivity contribution < 1.29 is 37.3 Å². The van der Waals surface area contributed by atoms with Gasteiger partial charge in [-0.1, -0.05) is 19.9 Å². The lowest BCUT2D eigenvalue weighted by atomic mass is 9.83. The number of halogens is 3. The number of amides is 2. The highest BCUT2D eigenvalue weighted by atomic mass is 19.4. The number of likely N-dealkylation sites (N-methyl/N-ethyl adjacent to an activating group) is 1. The first-order valence-electron chi connectivity index (χ1n) is 12.1. The first-order valence-corrected chi connectivity index (χ1v) is 12.1. The van der Waals surface area contributed by atoms with Gasteiger partial charge in [0.05, 0.1) is 11.3 Å². The summed E-state index contributed by atoms with van der Waals surface area (Å²) in [6, 6.07) is 8.18. The molecule has 7 nitrogen and oxygen atoms in total. The Labute approximate surface area is 212 Å². The molecule has 2 aromatic carbocycles. The fourth-order valence-electron chi connectivity index (χ4n) is 4.66.